The summed E-state index contributed by atoms with van der Waals surface area (Å²) in [6, 6.07) is 0. The van der Waals surface area contributed by atoms with Crippen LogP contribution in [-0.4, -0.2) is 25.0 Å². The van der Waals surface area contributed by atoms with Crippen LogP contribution in [0, 0.1) is 5.92 Å². The van der Waals surface area contributed by atoms with E-state index < -0.39 is 0 Å². The predicted octanol–water partition coefficient (Wildman–Crippen LogP) is 2.13. The van der Waals surface area contributed by atoms with Gasteiger partial charge in [0.1, 0.15) is 0 Å². The molecule has 0 aliphatic heterocycles. The summed E-state index contributed by atoms with van der Waals surface area (Å²) in [6.45, 7) is 4.73. The zero-order chi connectivity index (χ0) is 7.40. The molecule has 1 aliphatic rings. The maximum absolute atomic E-state index is 2.40. The van der Waals surface area contributed by atoms with Crippen molar-refractivity contribution in [3.8, 4) is 0 Å². The Hall–Kier alpha value is -0.0400. The highest BCUT2D eigenvalue weighted by Crippen LogP contribution is 2.29. The van der Waals surface area contributed by atoms with Gasteiger partial charge in [-0.2, -0.15) is 0 Å². The molecule has 1 aliphatic carbocycles. The monoisotopic (exact) mass is 141 g/mol. The third-order valence-electron chi connectivity index (χ3n) is 2.68. The van der Waals surface area contributed by atoms with Crippen molar-refractivity contribution in [2.24, 2.45) is 5.92 Å². The molecule has 0 spiro atoms. The minimum Gasteiger partial charge on any atom is -0.307 e. The summed E-state index contributed by atoms with van der Waals surface area (Å²) >= 11 is 0. The molecule has 0 bridgehead atoms. The highest BCUT2D eigenvalue weighted by atomic mass is 15.1. The van der Waals surface area contributed by atoms with Crippen LogP contribution in [0.4, 0.5) is 0 Å². The zero-order valence-corrected chi connectivity index (χ0v) is 7.27. The fourth-order valence-corrected chi connectivity index (χ4v) is 1.34. The topological polar surface area (TPSA) is 3.24 Å². The Labute approximate surface area is 64.4 Å². The first-order valence-electron chi connectivity index (χ1n) is 4.51. The van der Waals surface area contributed by atoms with E-state index in [0.29, 0.717) is 0 Å². The Morgan fingerprint density at radius 1 is 1.40 bits per heavy atom. The molecule has 1 saturated carbocycles. The van der Waals surface area contributed by atoms with Gasteiger partial charge in [0.25, 0.3) is 0 Å². The minimum atomic E-state index is 1.08. The van der Waals surface area contributed by atoms with Gasteiger partial charge in [-0.3, -0.25) is 0 Å². The van der Waals surface area contributed by atoms with Crippen LogP contribution in [0.3, 0.4) is 0 Å². The number of nitrogens with zero attached hydrogens (tertiary/aromatic N) is 1. The third-order valence-corrected chi connectivity index (χ3v) is 2.68. The molecule has 1 rings (SSSR count). The molecule has 0 radical (unpaired) electrons. The molecule has 0 N–H and O–H groups in total. The molecule has 1 fully saturated rings. The fraction of sp³-hybridized carbons (Fsp3) is 1.00. The van der Waals surface area contributed by atoms with Gasteiger partial charge in [-0.25, -0.2) is 0 Å². The lowest BCUT2D eigenvalue weighted by molar-refractivity contribution is 0.244. The SMILES string of the molecule is CCN(C)CCC1CCC1. The number of hydrogen-bond acceptors (Lipinski definition) is 1. The van der Waals surface area contributed by atoms with E-state index in [1.807, 2.05) is 0 Å². The Morgan fingerprint density at radius 3 is 2.50 bits per heavy atom. The van der Waals surface area contributed by atoms with E-state index in [1.54, 1.807) is 0 Å². The highest BCUT2D eigenvalue weighted by Gasteiger charge is 2.16. The Bertz CT molecular complexity index is 82.0. The van der Waals surface area contributed by atoms with Crippen LogP contribution < -0.4 is 0 Å². The van der Waals surface area contributed by atoms with Gasteiger partial charge < -0.3 is 4.90 Å². The lowest BCUT2D eigenvalue weighted by Gasteiger charge is -2.27. The van der Waals surface area contributed by atoms with Crippen molar-refractivity contribution in [1.82, 2.24) is 4.90 Å². The minimum absolute atomic E-state index is 1.08. The summed E-state index contributed by atoms with van der Waals surface area (Å²) in [5, 5.41) is 0. The zero-order valence-electron chi connectivity index (χ0n) is 7.27. The van der Waals surface area contributed by atoms with Gasteiger partial charge in [0, 0.05) is 0 Å². The quantitative estimate of drug-likeness (QED) is 0.579. The van der Waals surface area contributed by atoms with E-state index >= 15 is 0 Å². The molecule has 0 unspecified atom stereocenters. The van der Waals surface area contributed by atoms with Crippen molar-refractivity contribution in [3.05, 3.63) is 0 Å². The lowest BCUT2D eigenvalue weighted by atomic mass is 9.83. The third kappa shape index (κ3) is 2.30. The van der Waals surface area contributed by atoms with E-state index in [0.717, 1.165) is 5.92 Å². The van der Waals surface area contributed by atoms with Gasteiger partial charge in [-0.05, 0) is 32.5 Å². The average Bonchev–Trinajstić information content (AvgIpc) is 1.84. The maximum Gasteiger partial charge on any atom is -0.00193 e. The second kappa shape index (κ2) is 3.97. The van der Waals surface area contributed by atoms with Crippen LogP contribution in [0.2, 0.25) is 0 Å². The van der Waals surface area contributed by atoms with Gasteiger partial charge in [0.2, 0.25) is 0 Å². The number of hydrogen-bond donors (Lipinski definition) is 0. The van der Waals surface area contributed by atoms with Crippen LogP contribution in [0.5, 0.6) is 0 Å². The first-order chi connectivity index (χ1) is 4.83. The molecule has 0 heterocycles. The van der Waals surface area contributed by atoms with Crippen molar-refractivity contribution < 1.29 is 0 Å². The first kappa shape index (κ1) is 8.06. The molecule has 0 aromatic rings. The van der Waals surface area contributed by atoms with Crippen LogP contribution >= 0.6 is 0 Å². The summed E-state index contributed by atoms with van der Waals surface area (Å²) in [4.78, 5) is 2.40. The van der Waals surface area contributed by atoms with Crippen LogP contribution in [0.15, 0.2) is 0 Å². The summed E-state index contributed by atoms with van der Waals surface area (Å²) in [7, 11) is 2.21. The fourth-order valence-electron chi connectivity index (χ4n) is 1.34. The van der Waals surface area contributed by atoms with Gasteiger partial charge in [0.05, 0.1) is 0 Å². The van der Waals surface area contributed by atoms with Crippen molar-refractivity contribution in [3.63, 3.8) is 0 Å². The van der Waals surface area contributed by atoms with E-state index in [-0.39, 0.29) is 0 Å². The summed E-state index contributed by atoms with van der Waals surface area (Å²) in [5.41, 5.74) is 0. The second-order valence-electron chi connectivity index (χ2n) is 3.48. The number of rotatable bonds is 4. The molecule has 0 saturated heterocycles. The summed E-state index contributed by atoms with van der Waals surface area (Å²) in [5.74, 6) is 1.08. The Kier molecular flexibility index (Phi) is 3.20. The van der Waals surface area contributed by atoms with Gasteiger partial charge in [-0.15, -0.1) is 0 Å². The standard InChI is InChI=1S/C9H19N/c1-3-10(2)8-7-9-5-4-6-9/h9H,3-8H2,1-2H3. The van der Waals surface area contributed by atoms with Crippen molar-refractivity contribution in [1.29, 1.82) is 0 Å². The lowest BCUT2D eigenvalue weighted by Crippen LogP contribution is -2.23. The first-order valence-corrected chi connectivity index (χ1v) is 4.51. The molecular formula is C9H19N. The van der Waals surface area contributed by atoms with Crippen molar-refractivity contribution >= 4 is 0 Å². The Morgan fingerprint density at radius 2 is 2.10 bits per heavy atom. The van der Waals surface area contributed by atoms with Gasteiger partial charge in [-0.1, -0.05) is 26.2 Å². The van der Waals surface area contributed by atoms with Crippen LogP contribution in [-0.2, 0) is 0 Å². The molecule has 0 atom stereocenters. The van der Waals surface area contributed by atoms with E-state index in [9.17, 15) is 0 Å². The van der Waals surface area contributed by atoms with Crippen LogP contribution in [0.25, 0.3) is 0 Å². The molecule has 0 aromatic carbocycles. The van der Waals surface area contributed by atoms with E-state index in [1.165, 1.54) is 38.8 Å². The summed E-state index contributed by atoms with van der Waals surface area (Å²) in [6.07, 6.45) is 5.92. The molecule has 1 heteroatoms. The van der Waals surface area contributed by atoms with Crippen molar-refractivity contribution in [2.75, 3.05) is 20.1 Å². The Balaban J connectivity index is 1.93. The second-order valence-corrected chi connectivity index (χ2v) is 3.48. The average molecular weight is 141 g/mol. The smallest absolute Gasteiger partial charge is 0.00193 e. The highest BCUT2D eigenvalue weighted by molar-refractivity contribution is 4.70. The maximum atomic E-state index is 2.40. The van der Waals surface area contributed by atoms with E-state index in [4.69, 9.17) is 0 Å². The van der Waals surface area contributed by atoms with E-state index in [2.05, 4.69) is 18.9 Å². The molecule has 0 amide bonds. The van der Waals surface area contributed by atoms with Crippen molar-refractivity contribution in [2.45, 2.75) is 32.6 Å². The normalized spacial score (nSPS) is 19.5. The molecule has 1 nitrogen and oxygen atoms in total. The molecule has 0 aromatic heterocycles. The molecular weight excluding hydrogens is 122 g/mol. The van der Waals surface area contributed by atoms with Gasteiger partial charge >= 0.3 is 0 Å². The molecule has 10 heavy (non-hydrogen) atoms. The van der Waals surface area contributed by atoms with Gasteiger partial charge in [0.15, 0.2) is 0 Å². The van der Waals surface area contributed by atoms with Crippen LogP contribution in [0.1, 0.15) is 32.6 Å². The predicted molar refractivity (Wildman–Crippen MR) is 45.1 cm³/mol. The largest absolute Gasteiger partial charge is 0.307 e. The molecule has 60 valence electrons. The summed E-state index contributed by atoms with van der Waals surface area (Å²) < 4.78 is 0.